The number of nitrogens with one attached hydrogen (secondary N) is 2. The van der Waals surface area contributed by atoms with Crippen LogP contribution in [0.3, 0.4) is 0 Å². The predicted molar refractivity (Wildman–Crippen MR) is 130 cm³/mol. The van der Waals surface area contributed by atoms with Gasteiger partial charge in [0.25, 0.3) is 21.9 Å². The number of anilines is 1. The third-order valence-corrected chi connectivity index (χ3v) is 8.58. The monoisotopic (exact) mass is 624 g/mol. The first kappa shape index (κ1) is 29.4. The van der Waals surface area contributed by atoms with Crippen LogP contribution in [0.5, 0.6) is 0 Å². The highest BCUT2D eigenvalue weighted by molar-refractivity contribution is 7.90. The number of benzene rings is 3. The number of carbonyl (C=O) groups excluding carboxylic acids is 2. The van der Waals surface area contributed by atoms with Crippen molar-refractivity contribution in [2.24, 2.45) is 0 Å². The first-order valence-corrected chi connectivity index (χ1v) is 14.3. The molecular formula is C23H14ClF5N2O7S2. The number of fused-ring (bicyclic) bond motifs is 1. The number of carbonyl (C=O) groups is 2. The van der Waals surface area contributed by atoms with E-state index in [2.05, 4.69) is 0 Å². The predicted octanol–water partition coefficient (Wildman–Crippen LogP) is 4.13. The van der Waals surface area contributed by atoms with Crippen LogP contribution in [-0.2, 0) is 31.0 Å². The zero-order chi connectivity index (χ0) is 30.0. The highest BCUT2D eigenvalue weighted by atomic mass is 35.5. The number of sulfone groups is 1. The van der Waals surface area contributed by atoms with Crippen LogP contribution < -0.4 is 10.6 Å². The molecule has 0 fully saturated rings. The van der Waals surface area contributed by atoms with Gasteiger partial charge in [0.1, 0.15) is 11.6 Å². The molecular weight excluding hydrogens is 611 g/mol. The van der Waals surface area contributed by atoms with E-state index in [1.54, 1.807) is 0 Å². The van der Waals surface area contributed by atoms with Gasteiger partial charge in [-0.15, -0.1) is 0 Å². The van der Waals surface area contributed by atoms with E-state index in [1.807, 2.05) is 10.6 Å². The minimum Gasteiger partial charge on any atom is -0.323 e. The molecule has 0 aromatic heterocycles. The van der Waals surface area contributed by atoms with E-state index in [-0.39, 0.29) is 12.1 Å². The van der Waals surface area contributed by atoms with Gasteiger partial charge in [-0.2, -0.15) is 21.6 Å². The summed E-state index contributed by atoms with van der Waals surface area (Å²) in [6.45, 7) is 0. The fourth-order valence-corrected chi connectivity index (χ4v) is 6.28. The average Bonchev–Trinajstić information content (AvgIpc) is 3.13. The minimum absolute atomic E-state index is 0.108. The third-order valence-electron chi connectivity index (χ3n) is 5.86. The summed E-state index contributed by atoms with van der Waals surface area (Å²) in [5.74, 6) is -5.35. The van der Waals surface area contributed by atoms with E-state index in [9.17, 15) is 52.9 Å². The lowest BCUT2D eigenvalue weighted by molar-refractivity contribution is -0.137. The molecule has 4 rings (SSSR count). The Bertz CT molecular complexity index is 1830. The maximum absolute atomic E-state index is 14.2. The smallest absolute Gasteiger partial charge is 0.323 e. The molecule has 0 saturated carbocycles. The topological polar surface area (TPSA) is 147 Å². The molecule has 0 aliphatic carbocycles. The van der Waals surface area contributed by atoms with Gasteiger partial charge in [0.15, 0.2) is 9.84 Å². The Morgan fingerprint density at radius 1 is 1.00 bits per heavy atom. The SMILES string of the molecule is CS(=O)(=O)c1cc(NC(=O)c2cc(F)cc(C(F)(F)F)c2)c2c(c1)C(=O)NC2(c1cc(F)ccc1Cl)S(=O)(=O)O. The molecule has 0 spiro atoms. The van der Waals surface area contributed by atoms with Gasteiger partial charge in [-0.3, -0.25) is 14.1 Å². The highest BCUT2D eigenvalue weighted by Gasteiger charge is 2.57. The van der Waals surface area contributed by atoms with Gasteiger partial charge in [-0.05, 0) is 48.5 Å². The van der Waals surface area contributed by atoms with E-state index >= 15 is 0 Å². The van der Waals surface area contributed by atoms with Crippen molar-refractivity contribution in [3.05, 3.63) is 93.0 Å². The molecule has 1 heterocycles. The van der Waals surface area contributed by atoms with Crippen molar-refractivity contribution < 1.29 is 52.9 Å². The van der Waals surface area contributed by atoms with Crippen molar-refractivity contribution in [1.82, 2.24) is 5.32 Å². The standard InChI is InChI=1S/C23H14ClF5N2O7S2/c1-39(34,35)14-8-15-19(18(9-14)30-20(32)10-4-11(23(27,28)29)6-13(26)5-10)22(31-21(15)33,40(36,37)38)16-7-12(25)2-3-17(16)24/h2-9H,1H3,(H,30,32)(H,31,33)(H,36,37,38). The quantitative estimate of drug-likeness (QED) is 0.286. The Labute approximate surface area is 227 Å². The molecule has 3 N–H and O–H groups in total. The van der Waals surface area contributed by atoms with E-state index in [1.165, 1.54) is 0 Å². The molecule has 0 bridgehead atoms. The van der Waals surface area contributed by atoms with Crippen molar-refractivity contribution in [2.75, 3.05) is 11.6 Å². The van der Waals surface area contributed by atoms with Gasteiger partial charge in [-0.1, -0.05) is 11.6 Å². The largest absolute Gasteiger partial charge is 0.416 e. The lowest BCUT2D eigenvalue weighted by atomic mass is 9.95. The molecule has 2 amide bonds. The first-order chi connectivity index (χ1) is 18.3. The summed E-state index contributed by atoms with van der Waals surface area (Å²) in [5, 5.41) is 3.43. The maximum Gasteiger partial charge on any atom is 0.416 e. The van der Waals surface area contributed by atoms with Crippen molar-refractivity contribution in [3.8, 4) is 0 Å². The van der Waals surface area contributed by atoms with Crippen molar-refractivity contribution in [3.63, 3.8) is 0 Å². The number of alkyl halides is 3. The maximum atomic E-state index is 14.2. The summed E-state index contributed by atoms with van der Waals surface area (Å²) in [5.41, 5.74) is -5.62. The van der Waals surface area contributed by atoms with Crippen LogP contribution in [0.25, 0.3) is 0 Å². The third kappa shape index (κ3) is 5.02. The Morgan fingerprint density at radius 3 is 2.23 bits per heavy atom. The molecule has 1 aliphatic heterocycles. The molecule has 3 aromatic rings. The molecule has 3 aromatic carbocycles. The molecule has 1 atom stereocenters. The Kier molecular flexibility index (Phi) is 6.98. The molecule has 1 unspecified atom stereocenters. The van der Waals surface area contributed by atoms with Crippen LogP contribution in [0.4, 0.5) is 27.6 Å². The van der Waals surface area contributed by atoms with Gasteiger partial charge in [0.05, 0.1) is 16.1 Å². The zero-order valence-corrected chi connectivity index (χ0v) is 22.0. The van der Waals surface area contributed by atoms with Crippen LogP contribution in [-0.4, -0.2) is 39.5 Å². The van der Waals surface area contributed by atoms with Crippen LogP contribution in [0.15, 0.2) is 53.4 Å². The van der Waals surface area contributed by atoms with Crippen LogP contribution in [0, 0.1) is 11.6 Å². The van der Waals surface area contributed by atoms with Gasteiger partial charge in [0.2, 0.25) is 4.87 Å². The summed E-state index contributed by atoms with van der Waals surface area (Å²) in [4.78, 5) is 22.2. The van der Waals surface area contributed by atoms with E-state index in [4.69, 9.17) is 11.6 Å². The Balaban J connectivity index is 2.05. The summed E-state index contributed by atoms with van der Waals surface area (Å²) in [6.07, 6.45) is -4.38. The normalized spacial score (nSPS) is 17.4. The summed E-state index contributed by atoms with van der Waals surface area (Å²) < 4.78 is 128. The van der Waals surface area contributed by atoms with E-state index in [0.717, 1.165) is 12.1 Å². The van der Waals surface area contributed by atoms with Gasteiger partial charge in [0, 0.05) is 33.5 Å². The van der Waals surface area contributed by atoms with E-state index in [0.29, 0.717) is 30.5 Å². The summed E-state index contributed by atoms with van der Waals surface area (Å²) in [6, 6.07) is 4.40. The molecule has 17 heteroatoms. The Morgan fingerprint density at radius 2 is 1.65 bits per heavy atom. The van der Waals surface area contributed by atoms with Crippen LogP contribution >= 0.6 is 11.6 Å². The fraction of sp³-hybridized carbons (Fsp3) is 0.130. The first-order valence-electron chi connectivity index (χ1n) is 10.6. The fourth-order valence-electron chi connectivity index (χ4n) is 4.16. The molecule has 212 valence electrons. The minimum atomic E-state index is -5.60. The number of hydrogen-bond donors (Lipinski definition) is 3. The molecule has 40 heavy (non-hydrogen) atoms. The molecule has 1 aliphatic rings. The van der Waals surface area contributed by atoms with Crippen molar-refractivity contribution in [2.45, 2.75) is 15.9 Å². The van der Waals surface area contributed by atoms with Crippen molar-refractivity contribution >= 4 is 49.1 Å². The van der Waals surface area contributed by atoms with Gasteiger partial charge in [-0.25, -0.2) is 17.2 Å². The van der Waals surface area contributed by atoms with Crippen LogP contribution in [0.2, 0.25) is 5.02 Å². The van der Waals surface area contributed by atoms with E-state index < -0.39 is 97.9 Å². The second kappa shape index (κ2) is 9.50. The van der Waals surface area contributed by atoms with Gasteiger partial charge >= 0.3 is 6.18 Å². The average molecular weight is 625 g/mol. The summed E-state index contributed by atoms with van der Waals surface area (Å²) in [7, 11) is -9.79. The zero-order valence-electron chi connectivity index (χ0n) is 19.6. The second-order valence-electron chi connectivity index (χ2n) is 8.58. The molecule has 0 saturated heterocycles. The lowest BCUT2D eigenvalue weighted by Crippen LogP contribution is -2.47. The second-order valence-corrected chi connectivity index (χ2v) is 12.6. The number of halogens is 6. The lowest BCUT2D eigenvalue weighted by Gasteiger charge is -2.30. The molecule has 0 radical (unpaired) electrons. The number of hydrogen-bond acceptors (Lipinski definition) is 6. The van der Waals surface area contributed by atoms with Crippen LogP contribution in [0.1, 0.15) is 37.4 Å². The van der Waals surface area contributed by atoms with Crippen molar-refractivity contribution in [1.29, 1.82) is 0 Å². The van der Waals surface area contributed by atoms with Gasteiger partial charge < -0.3 is 10.6 Å². The number of amides is 2. The Hall–Kier alpha value is -3.60. The summed E-state index contributed by atoms with van der Waals surface area (Å²) >= 11 is 6.10. The molecule has 9 nitrogen and oxygen atoms in total. The number of rotatable bonds is 5. The highest BCUT2D eigenvalue weighted by Crippen LogP contribution is 2.48.